The molecule has 0 amide bonds. The molecular formula is C12H18N2O2. The monoisotopic (exact) mass is 222 g/mol. The van der Waals surface area contributed by atoms with Gasteiger partial charge >= 0.3 is 0 Å². The van der Waals surface area contributed by atoms with Crippen molar-refractivity contribution in [2.45, 2.75) is 50.9 Å². The Labute approximate surface area is 95.4 Å². The molecule has 88 valence electrons. The van der Waals surface area contributed by atoms with Gasteiger partial charge in [-0.05, 0) is 12.8 Å². The van der Waals surface area contributed by atoms with Crippen molar-refractivity contribution in [1.82, 2.24) is 9.97 Å². The summed E-state index contributed by atoms with van der Waals surface area (Å²) in [5, 5.41) is 18.7. The molecule has 0 aliphatic heterocycles. The minimum Gasteiger partial charge on any atom is -0.493 e. The van der Waals surface area contributed by atoms with Gasteiger partial charge in [-0.1, -0.05) is 32.1 Å². The van der Waals surface area contributed by atoms with Gasteiger partial charge in [-0.3, -0.25) is 0 Å². The van der Waals surface area contributed by atoms with Crippen LogP contribution in [-0.2, 0) is 0 Å². The van der Waals surface area contributed by atoms with Gasteiger partial charge in [0.2, 0.25) is 11.8 Å². The van der Waals surface area contributed by atoms with Crippen molar-refractivity contribution in [3.05, 3.63) is 11.9 Å². The molecule has 0 bridgehead atoms. The molecule has 2 N–H and O–H groups in total. The molecule has 0 aromatic carbocycles. The predicted molar refractivity (Wildman–Crippen MR) is 60.4 cm³/mol. The first-order chi connectivity index (χ1) is 7.75. The molecule has 1 aromatic rings. The quantitative estimate of drug-likeness (QED) is 0.766. The Kier molecular flexibility index (Phi) is 3.59. The summed E-state index contributed by atoms with van der Waals surface area (Å²) in [6.45, 7) is 0. The van der Waals surface area contributed by atoms with Gasteiger partial charge in [-0.2, -0.15) is 9.97 Å². The van der Waals surface area contributed by atoms with Crippen molar-refractivity contribution in [1.29, 1.82) is 0 Å². The molecule has 1 heterocycles. The molecule has 4 heteroatoms. The maximum atomic E-state index is 9.34. The van der Waals surface area contributed by atoms with Crippen molar-refractivity contribution in [3.8, 4) is 11.8 Å². The molecule has 1 aliphatic carbocycles. The van der Waals surface area contributed by atoms with E-state index in [-0.39, 0.29) is 11.8 Å². The molecule has 0 radical (unpaired) electrons. The summed E-state index contributed by atoms with van der Waals surface area (Å²) >= 11 is 0. The summed E-state index contributed by atoms with van der Waals surface area (Å²) in [6, 6.07) is 1.17. The van der Waals surface area contributed by atoms with Crippen LogP contribution in [0.1, 0.15) is 56.7 Å². The standard InChI is InChI=1S/C12H18N2O2/c15-10-8-11(16)14-12(13-10)9-6-4-2-1-3-5-7-9/h8-9H,1-7H2,(H2,13,14,15,16). The highest BCUT2D eigenvalue weighted by Crippen LogP contribution is 2.30. The Bertz CT molecular complexity index is 327. The zero-order valence-electron chi connectivity index (χ0n) is 9.39. The van der Waals surface area contributed by atoms with E-state index in [0.29, 0.717) is 11.7 Å². The fourth-order valence-electron chi connectivity index (χ4n) is 2.34. The number of rotatable bonds is 1. The summed E-state index contributed by atoms with van der Waals surface area (Å²) in [6.07, 6.45) is 8.34. The van der Waals surface area contributed by atoms with Gasteiger partial charge in [0.1, 0.15) is 5.82 Å². The molecule has 0 atom stereocenters. The Morgan fingerprint density at radius 2 is 1.38 bits per heavy atom. The van der Waals surface area contributed by atoms with Crippen molar-refractivity contribution in [2.24, 2.45) is 0 Å². The van der Waals surface area contributed by atoms with E-state index in [0.717, 1.165) is 12.8 Å². The van der Waals surface area contributed by atoms with Crippen molar-refractivity contribution < 1.29 is 10.2 Å². The zero-order chi connectivity index (χ0) is 11.4. The summed E-state index contributed by atoms with van der Waals surface area (Å²) in [7, 11) is 0. The topological polar surface area (TPSA) is 66.2 Å². The van der Waals surface area contributed by atoms with Crippen LogP contribution in [0.5, 0.6) is 11.8 Å². The summed E-state index contributed by atoms with van der Waals surface area (Å²) < 4.78 is 0. The second kappa shape index (κ2) is 5.14. The highest BCUT2D eigenvalue weighted by atomic mass is 16.3. The highest BCUT2D eigenvalue weighted by Gasteiger charge is 2.17. The molecule has 0 spiro atoms. The maximum absolute atomic E-state index is 9.34. The van der Waals surface area contributed by atoms with Crippen LogP contribution < -0.4 is 0 Å². The molecule has 1 aliphatic rings. The first kappa shape index (κ1) is 11.2. The normalized spacial score (nSPS) is 19.0. The number of nitrogens with zero attached hydrogens (tertiary/aromatic N) is 2. The number of hydrogen-bond donors (Lipinski definition) is 2. The van der Waals surface area contributed by atoms with Crippen molar-refractivity contribution >= 4 is 0 Å². The van der Waals surface area contributed by atoms with E-state index in [4.69, 9.17) is 0 Å². The van der Waals surface area contributed by atoms with Crippen LogP contribution in [0, 0.1) is 0 Å². The van der Waals surface area contributed by atoms with Gasteiger partial charge in [-0.15, -0.1) is 0 Å². The first-order valence-corrected chi connectivity index (χ1v) is 6.02. The van der Waals surface area contributed by atoms with Gasteiger partial charge in [0, 0.05) is 5.92 Å². The van der Waals surface area contributed by atoms with E-state index < -0.39 is 0 Å². The minimum atomic E-state index is -0.135. The molecule has 1 saturated carbocycles. The number of aromatic nitrogens is 2. The van der Waals surface area contributed by atoms with Gasteiger partial charge < -0.3 is 10.2 Å². The van der Waals surface area contributed by atoms with E-state index in [1.807, 2.05) is 0 Å². The lowest BCUT2D eigenvalue weighted by molar-refractivity contribution is 0.395. The maximum Gasteiger partial charge on any atom is 0.217 e. The lowest BCUT2D eigenvalue weighted by atomic mass is 9.90. The van der Waals surface area contributed by atoms with Crippen molar-refractivity contribution in [3.63, 3.8) is 0 Å². The predicted octanol–water partition coefficient (Wildman–Crippen LogP) is 2.72. The molecule has 0 saturated heterocycles. The molecule has 4 nitrogen and oxygen atoms in total. The summed E-state index contributed by atoms with van der Waals surface area (Å²) in [5.41, 5.74) is 0. The van der Waals surface area contributed by atoms with Crippen LogP contribution in [-0.4, -0.2) is 20.2 Å². The van der Waals surface area contributed by atoms with E-state index >= 15 is 0 Å². The molecule has 1 fully saturated rings. The minimum absolute atomic E-state index is 0.135. The third-order valence-electron chi connectivity index (χ3n) is 3.19. The van der Waals surface area contributed by atoms with E-state index in [9.17, 15) is 10.2 Å². The fourth-order valence-corrected chi connectivity index (χ4v) is 2.34. The Morgan fingerprint density at radius 3 is 1.94 bits per heavy atom. The average molecular weight is 222 g/mol. The van der Waals surface area contributed by atoms with Gasteiger partial charge in [0.15, 0.2) is 0 Å². The van der Waals surface area contributed by atoms with Crippen molar-refractivity contribution in [2.75, 3.05) is 0 Å². The van der Waals surface area contributed by atoms with Crippen LogP contribution in [0.2, 0.25) is 0 Å². The average Bonchev–Trinajstić information content (AvgIpc) is 2.14. The zero-order valence-corrected chi connectivity index (χ0v) is 9.39. The van der Waals surface area contributed by atoms with Crippen LogP contribution in [0.15, 0.2) is 6.07 Å². The van der Waals surface area contributed by atoms with Crippen LogP contribution in [0.3, 0.4) is 0 Å². The number of hydrogen-bond acceptors (Lipinski definition) is 4. The molecule has 16 heavy (non-hydrogen) atoms. The molecular weight excluding hydrogens is 204 g/mol. The third-order valence-corrected chi connectivity index (χ3v) is 3.19. The van der Waals surface area contributed by atoms with Gasteiger partial charge in [0.05, 0.1) is 6.07 Å². The van der Waals surface area contributed by atoms with E-state index in [2.05, 4.69) is 9.97 Å². The third kappa shape index (κ3) is 2.84. The molecule has 1 aromatic heterocycles. The largest absolute Gasteiger partial charge is 0.493 e. The molecule has 2 rings (SSSR count). The SMILES string of the molecule is Oc1cc(O)nc(C2CCCCCCC2)n1. The Balaban J connectivity index is 2.13. The Hall–Kier alpha value is -1.32. The molecule has 0 unspecified atom stereocenters. The lowest BCUT2D eigenvalue weighted by Crippen LogP contribution is -2.06. The number of aromatic hydroxyl groups is 2. The lowest BCUT2D eigenvalue weighted by Gasteiger charge is -2.18. The smallest absolute Gasteiger partial charge is 0.217 e. The summed E-state index contributed by atoms with van der Waals surface area (Å²) in [5.74, 6) is 0.617. The van der Waals surface area contributed by atoms with Gasteiger partial charge in [-0.25, -0.2) is 0 Å². The summed E-state index contributed by atoms with van der Waals surface area (Å²) in [4.78, 5) is 8.03. The second-order valence-corrected chi connectivity index (χ2v) is 4.48. The Morgan fingerprint density at radius 1 is 0.875 bits per heavy atom. The van der Waals surface area contributed by atoms with Crippen LogP contribution >= 0.6 is 0 Å². The van der Waals surface area contributed by atoms with E-state index in [1.165, 1.54) is 38.2 Å². The van der Waals surface area contributed by atoms with Crippen LogP contribution in [0.4, 0.5) is 0 Å². The van der Waals surface area contributed by atoms with Crippen LogP contribution in [0.25, 0.3) is 0 Å². The second-order valence-electron chi connectivity index (χ2n) is 4.48. The fraction of sp³-hybridized carbons (Fsp3) is 0.667. The van der Waals surface area contributed by atoms with E-state index in [1.54, 1.807) is 0 Å². The first-order valence-electron chi connectivity index (χ1n) is 6.02. The highest BCUT2D eigenvalue weighted by molar-refractivity contribution is 5.19. The van der Waals surface area contributed by atoms with Gasteiger partial charge in [0.25, 0.3) is 0 Å².